The molecule has 62 valence electrons. The van der Waals surface area contributed by atoms with Gasteiger partial charge in [0.2, 0.25) is 0 Å². The summed E-state index contributed by atoms with van der Waals surface area (Å²) in [5.41, 5.74) is 2.47. The summed E-state index contributed by atoms with van der Waals surface area (Å²) in [7, 11) is 0. The molecule has 0 heterocycles. The largest absolute Gasteiger partial charge is 0.327 e. The molecule has 0 aliphatic rings. The molecule has 0 aromatic carbocycles. The smallest absolute Gasteiger partial charge is 0.250 e. The van der Waals surface area contributed by atoms with Crippen LogP contribution in [0.3, 0.4) is 0 Å². The van der Waals surface area contributed by atoms with Crippen LogP contribution < -0.4 is 5.32 Å². The summed E-state index contributed by atoms with van der Waals surface area (Å²) in [6.45, 7) is 11.0. The van der Waals surface area contributed by atoms with Gasteiger partial charge in [-0.3, -0.25) is 4.79 Å². The van der Waals surface area contributed by atoms with Gasteiger partial charge in [0.1, 0.15) is 0 Å². The van der Waals surface area contributed by atoms with Crippen molar-refractivity contribution >= 4 is 5.91 Å². The van der Waals surface area contributed by atoms with Crippen molar-refractivity contribution in [3.63, 3.8) is 0 Å². The van der Waals surface area contributed by atoms with Crippen LogP contribution in [-0.2, 0) is 4.79 Å². The quantitative estimate of drug-likeness (QED) is 0.604. The summed E-state index contributed by atoms with van der Waals surface area (Å²) in [6, 6.07) is 0. The lowest BCUT2D eigenvalue weighted by Crippen LogP contribution is -2.21. The average molecular weight is 153 g/mol. The van der Waals surface area contributed by atoms with E-state index >= 15 is 0 Å². The Kier molecular flexibility index (Phi) is 3.58. The van der Waals surface area contributed by atoms with E-state index < -0.39 is 0 Å². The van der Waals surface area contributed by atoms with E-state index in [0.717, 1.165) is 11.1 Å². The maximum atomic E-state index is 11.2. The van der Waals surface area contributed by atoms with Crippen LogP contribution in [0.1, 0.15) is 27.7 Å². The van der Waals surface area contributed by atoms with Gasteiger partial charge in [0.15, 0.2) is 0 Å². The van der Waals surface area contributed by atoms with E-state index in [4.69, 9.17) is 0 Å². The molecule has 0 saturated carbocycles. The number of allylic oxidation sites excluding steroid dienone is 2. The fourth-order valence-electron chi connectivity index (χ4n) is 0.515. The second-order valence-electron chi connectivity index (χ2n) is 2.86. The zero-order valence-electron chi connectivity index (χ0n) is 7.62. The number of hydrogen-bond acceptors (Lipinski definition) is 1. The normalized spacial score (nSPS) is 8.73. The van der Waals surface area contributed by atoms with Crippen LogP contribution in [0, 0.1) is 0 Å². The third kappa shape index (κ3) is 3.61. The molecule has 0 unspecified atom stereocenters. The summed E-state index contributed by atoms with van der Waals surface area (Å²) in [5, 5.41) is 2.63. The first kappa shape index (κ1) is 9.95. The zero-order valence-corrected chi connectivity index (χ0v) is 7.62. The van der Waals surface area contributed by atoms with E-state index in [1.165, 1.54) is 0 Å². The maximum Gasteiger partial charge on any atom is 0.250 e. The Balaban J connectivity index is 4.28. The molecule has 0 bridgehead atoms. The Bertz CT molecular complexity index is 210. The molecular weight excluding hydrogens is 138 g/mol. The van der Waals surface area contributed by atoms with Gasteiger partial charge in [-0.2, -0.15) is 0 Å². The Labute approximate surface area is 68.0 Å². The van der Waals surface area contributed by atoms with Crippen molar-refractivity contribution in [2.24, 2.45) is 0 Å². The van der Waals surface area contributed by atoms with E-state index in [2.05, 4.69) is 11.9 Å². The molecule has 11 heavy (non-hydrogen) atoms. The van der Waals surface area contributed by atoms with Crippen molar-refractivity contribution in [2.45, 2.75) is 27.7 Å². The van der Waals surface area contributed by atoms with Crippen LogP contribution in [0.4, 0.5) is 0 Å². The molecule has 1 N–H and O–H groups in total. The minimum Gasteiger partial charge on any atom is -0.327 e. The summed E-state index contributed by atoms with van der Waals surface area (Å²) >= 11 is 0. The van der Waals surface area contributed by atoms with Gasteiger partial charge in [-0.1, -0.05) is 12.2 Å². The Morgan fingerprint density at radius 3 is 1.91 bits per heavy atom. The molecule has 0 fully saturated rings. The van der Waals surface area contributed by atoms with E-state index in [9.17, 15) is 4.79 Å². The molecule has 0 rings (SSSR count). The van der Waals surface area contributed by atoms with E-state index in [-0.39, 0.29) is 5.91 Å². The van der Waals surface area contributed by atoms with Gasteiger partial charge in [0.25, 0.3) is 5.91 Å². The van der Waals surface area contributed by atoms with E-state index in [1.54, 1.807) is 13.8 Å². The first-order valence-electron chi connectivity index (χ1n) is 3.56. The fourth-order valence-corrected chi connectivity index (χ4v) is 0.515. The maximum absolute atomic E-state index is 11.2. The number of carbonyl (C=O) groups excluding carboxylic acids is 1. The number of rotatable bonds is 2. The van der Waals surface area contributed by atoms with Crippen LogP contribution in [0.25, 0.3) is 0 Å². The highest BCUT2D eigenvalue weighted by molar-refractivity contribution is 5.94. The summed E-state index contributed by atoms with van der Waals surface area (Å²) in [6.07, 6.45) is 0. The van der Waals surface area contributed by atoms with Crippen molar-refractivity contribution < 1.29 is 4.79 Å². The van der Waals surface area contributed by atoms with Crippen LogP contribution in [0.2, 0.25) is 0 Å². The second-order valence-corrected chi connectivity index (χ2v) is 2.86. The van der Waals surface area contributed by atoms with Gasteiger partial charge in [-0.15, -0.1) is 0 Å². The van der Waals surface area contributed by atoms with E-state index in [1.807, 2.05) is 13.8 Å². The highest BCUT2D eigenvalue weighted by atomic mass is 16.1. The Morgan fingerprint density at radius 2 is 1.64 bits per heavy atom. The van der Waals surface area contributed by atoms with Crippen molar-refractivity contribution in [3.05, 3.63) is 23.4 Å². The highest BCUT2D eigenvalue weighted by Crippen LogP contribution is 2.01. The van der Waals surface area contributed by atoms with Crippen LogP contribution in [0.15, 0.2) is 23.4 Å². The van der Waals surface area contributed by atoms with Gasteiger partial charge in [-0.25, -0.2) is 0 Å². The standard InChI is InChI=1S/C9H15NO/c1-6(2)8(5)9(11)10-7(3)4/h3H2,1-2,4-5H3,(H,10,11). The lowest BCUT2D eigenvalue weighted by molar-refractivity contribution is -0.116. The first-order chi connectivity index (χ1) is 4.95. The van der Waals surface area contributed by atoms with Crippen molar-refractivity contribution in [1.82, 2.24) is 5.32 Å². The van der Waals surface area contributed by atoms with Gasteiger partial charge in [-0.05, 0) is 27.7 Å². The molecular formula is C9H15NO. The Hall–Kier alpha value is -1.05. The molecule has 0 spiro atoms. The summed E-state index contributed by atoms with van der Waals surface area (Å²) in [5.74, 6) is -0.0579. The molecule has 0 aromatic rings. The first-order valence-corrected chi connectivity index (χ1v) is 3.56. The third-order valence-corrected chi connectivity index (χ3v) is 1.42. The molecule has 0 saturated heterocycles. The molecule has 1 amide bonds. The lowest BCUT2D eigenvalue weighted by atomic mass is 10.1. The molecule has 0 aliphatic carbocycles. The van der Waals surface area contributed by atoms with Gasteiger partial charge in [0, 0.05) is 11.3 Å². The molecule has 0 radical (unpaired) electrons. The number of hydrogen-bond donors (Lipinski definition) is 1. The van der Waals surface area contributed by atoms with Gasteiger partial charge >= 0.3 is 0 Å². The van der Waals surface area contributed by atoms with Crippen molar-refractivity contribution in [2.75, 3.05) is 0 Å². The topological polar surface area (TPSA) is 29.1 Å². The van der Waals surface area contributed by atoms with Crippen LogP contribution >= 0.6 is 0 Å². The summed E-state index contributed by atoms with van der Waals surface area (Å²) in [4.78, 5) is 11.2. The molecule has 0 atom stereocenters. The third-order valence-electron chi connectivity index (χ3n) is 1.42. The average Bonchev–Trinajstić information content (AvgIpc) is 1.84. The minimum absolute atomic E-state index is 0.0579. The SMILES string of the molecule is C=C(C)NC(=O)C(C)=C(C)C. The zero-order chi connectivity index (χ0) is 9.02. The molecule has 0 aliphatic heterocycles. The van der Waals surface area contributed by atoms with Crippen LogP contribution in [-0.4, -0.2) is 5.91 Å². The highest BCUT2D eigenvalue weighted by Gasteiger charge is 2.03. The fraction of sp³-hybridized carbons (Fsp3) is 0.444. The number of amides is 1. The second kappa shape index (κ2) is 3.96. The molecule has 2 nitrogen and oxygen atoms in total. The predicted molar refractivity (Wildman–Crippen MR) is 47.0 cm³/mol. The van der Waals surface area contributed by atoms with Gasteiger partial charge < -0.3 is 5.32 Å². The predicted octanol–water partition coefficient (Wildman–Crippen LogP) is 1.99. The monoisotopic (exact) mass is 153 g/mol. The van der Waals surface area contributed by atoms with E-state index in [0.29, 0.717) is 5.70 Å². The minimum atomic E-state index is -0.0579. The van der Waals surface area contributed by atoms with Crippen molar-refractivity contribution in [3.8, 4) is 0 Å². The summed E-state index contributed by atoms with van der Waals surface area (Å²) < 4.78 is 0. The van der Waals surface area contributed by atoms with Gasteiger partial charge in [0.05, 0.1) is 0 Å². The van der Waals surface area contributed by atoms with Crippen molar-refractivity contribution in [1.29, 1.82) is 0 Å². The van der Waals surface area contributed by atoms with Crippen LogP contribution in [0.5, 0.6) is 0 Å². The number of carbonyl (C=O) groups is 1. The Morgan fingerprint density at radius 1 is 1.18 bits per heavy atom. The lowest BCUT2D eigenvalue weighted by Gasteiger charge is -2.04. The number of nitrogens with one attached hydrogen (secondary N) is 1. The molecule has 2 heteroatoms. The molecule has 0 aromatic heterocycles.